The van der Waals surface area contributed by atoms with E-state index in [1.54, 1.807) is 54.8 Å². The van der Waals surface area contributed by atoms with E-state index in [0.717, 1.165) is 10.4 Å². The standard InChI is InChI=1S/C19H13NO3S/c1-23-16-11-12(8-9-15(16)17-7-4-10-24-17)20-18(21)13-5-2-3-6-14(13)19(20)22/h2-11H,1H3. The second kappa shape index (κ2) is 5.62. The van der Waals surface area contributed by atoms with Crippen molar-refractivity contribution < 1.29 is 14.3 Å². The summed E-state index contributed by atoms with van der Waals surface area (Å²) in [7, 11) is 1.58. The largest absolute Gasteiger partial charge is 0.496 e. The van der Waals surface area contributed by atoms with Crippen LogP contribution in [0.25, 0.3) is 10.4 Å². The zero-order chi connectivity index (χ0) is 16.7. The van der Waals surface area contributed by atoms with Crippen molar-refractivity contribution in [2.24, 2.45) is 0 Å². The molecule has 1 aromatic heterocycles. The molecule has 0 radical (unpaired) electrons. The van der Waals surface area contributed by atoms with E-state index in [4.69, 9.17) is 4.74 Å². The van der Waals surface area contributed by atoms with Crippen LogP contribution in [-0.2, 0) is 0 Å². The van der Waals surface area contributed by atoms with Gasteiger partial charge < -0.3 is 4.74 Å². The monoisotopic (exact) mass is 335 g/mol. The van der Waals surface area contributed by atoms with Gasteiger partial charge in [0.25, 0.3) is 11.8 Å². The van der Waals surface area contributed by atoms with Crippen molar-refractivity contribution in [2.45, 2.75) is 0 Å². The molecule has 0 saturated carbocycles. The van der Waals surface area contributed by atoms with Gasteiger partial charge in [0.15, 0.2) is 0 Å². The first kappa shape index (κ1) is 14.7. The molecule has 4 rings (SSSR count). The molecule has 0 aliphatic carbocycles. The van der Waals surface area contributed by atoms with Gasteiger partial charge in [-0.25, -0.2) is 4.90 Å². The smallest absolute Gasteiger partial charge is 0.266 e. The van der Waals surface area contributed by atoms with Gasteiger partial charge in [0.2, 0.25) is 0 Å². The van der Waals surface area contributed by atoms with Crippen molar-refractivity contribution in [3.8, 4) is 16.2 Å². The second-order valence-electron chi connectivity index (χ2n) is 5.35. The van der Waals surface area contributed by atoms with Crippen LogP contribution in [0.3, 0.4) is 0 Å². The summed E-state index contributed by atoms with van der Waals surface area (Å²) in [5.74, 6) is 0.0227. The Labute approximate surface area is 142 Å². The minimum absolute atomic E-state index is 0.304. The third-order valence-electron chi connectivity index (χ3n) is 4.02. The highest BCUT2D eigenvalue weighted by molar-refractivity contribution is 7.13. The lowest BCUT2D eigenvalue weighted by Crippen LogP contribution is -2.29. The molecule has 2 heterocycles. The van der Waals surface area contributed by atoms with Gasteiger partial charge in [0, 0.05) is 16.5 Å². The Kier molecular flexibility index (Phi) is 3.43. The zero-order valence-corrected chi connectivity index (χ0v) is 13.7. The first-order valence-corrected chi connectivity index (χ1v) is 8.28. The van der Waals surface area contributed by atoms with Gasteiger partial charge in [-0.1, -0.05) is 18.2 Å². The number of nitrogens with zero attached hydrogens (tertiary/aromatic N) is 1. The summed E-state index contributed by atoms with van der Waals surface area (Å²) in [6.07, 6.45) is 0. The Morgan fingerprint density at radius 3 is 2.17 bits per heavy atom. The minimum Gasteiger partial charge on any atom is -0.496 e. The van der Waals surface area contributed by atoms with Crippen LogP contribution in [-0.4, -0.2) is 18.9 Å². The van der Waals surface area contributed by atoms with E-state index in [-0.39, 0.29) is 11.8 Å². The van der Waals surface area contributed by atoms with Crippen molar-refractivity contribution in [1.29, 1.82) is 0 Å². The molecule has 2 amide bonds. The summed E-state index contributed by atoms with van der Waals surface area (Å²) >= 11 is 1.61. The number of carbonyl (C=O) groups is 2. The molecule has 5 heteroatoms. The molecular weight excluding hydrogens is 322 g/mol. The predicted molar refractivity (Wildman–Crippen MR) is 93.9 cm³/mol. The van der Waals surface area contributed by atoms with E-state index in [1.807, 2.05) is 23.6 Å². The lowest BCUT2D eigenvalue weighted by atomic mass is 10.1. The topological polar surface area (TPSA) is 46.6 Å². The fourth-order valence-corrected chi connectivity index (χ4v) is 3.63. The van der Waals surface area contributed by atoms with Crippen LogP contribution in [0.5, 0.6) is 5.75 Å². The molecule has 0 fully saturated rings. The Hall–Kier alpha value is -2.92. The van der Waals surface area contributed by atoms with Crippen molar-refractivity contribution in [2.75, 3.05) is 12.0 Å². The first-order chi connectivity index (χ1) is 11.7. The molecule has 3 aromatic rings. The van der Waals surface area contributed by atoms with Crippen LogP contribution in [0.15, 0.2) is 60.0 Å². The summed E-state index contributed by atoms with van der Waals surface area (Å²) in [6.45, 7) is 0. The average Bonchev–Trinajstić information content (AvgIpc) is 3.23. The van der Waals surface area contributed by atoms with Gasteiger partial charge in [-0.3, -0.25) is 9.59 Å². The number of ether oxygens (including phenoxy) is 1. The van der Waals surface area contributed by atoms with E-state index < -0.39 is 0 Å². The van der Waals surface area contributed by atoms with Crippen LogP contribution >= 0.6 is 11.3 Å². The molecule has 0 saturated heterocycles. The van der Waals surface area contributed by atoms with Gasteiger partial charge in [-0.05, 0) is 35.7 Å². The molecule has 0 N–H and O–H groups in total. The number of amides is 2. The highest BCUT2D eigenvalue weighted by Gasteiger charge is 2.36. The van der Waals surface area contributed by atoms with Crippen molar-refractivity contribution in [1.82, 2.24) is 0 Å². The number of hydrogen-bond donors (Lipinski definition) is 0. The SMILES string of the molecule is COc1cc(N2C(=O)c3ccccc3C2=O)ccc1-c1cccs1. The third kappa shape index (κ3) is 2.13. The normalized spacial score (nSPS) is 13.3. The van der Waals surface area contributed by atoms with Crippen LogP contribution in [0, 0.1) is 0 Å². The lowest BCUT2D eigenvalue weighted by molar-refractivity contribution is 0.0926. The lowest BCUT2D eigenvalue weighted by Gasteiger charge is -2.16. The van der Waals surface area contributed by atoms with Gasteiger partial charge >= 0.3 is 0 Å². The first-order valence-electron chi connectivity index (χ1n) is 7.40. The molecule has 0 spiro atoms. The number of imide groups is 1. The molecule has 1 aliphatic heterocycles. The zero-order valence-electron chi connectivity index (χ0n) is 12.9. The quantitative estimate of drug-likeness (QED) is 0.673. The van der Waals surface area contributed by atoms with Crippen LogP contribution < -0.4 is 9.64 Å². The van der Waals surface area contributed by atoms with Gasteiger partial charge in [-0.2, -0.15) is 0 Å². The number of hydrogen-bond acceptors (Lipinski definition) is 4. The minimum atomic E-state index is -0.304. The molecule has 2 aromatic carbocycles. The number of thiophene rings is 1. The Bertz CT molecular complexity index is 912. The third-order valence-corrected chi connectivity index (χ3v) is 4.93. The molecule has 1 aliphatic rings. The second-order valence-corrected chi connectivity index (χ2v) is 6.30. The number of anilines is 1. The number of benzene rings is 2. The maximum absolute atomic E-state index is 12.6. The Balaban J connectivity index is 1.79. The molecule has 0 atom stereocenters. The van der Waals surface area contributed by atoms with E-state index in [1.165, 1.54) is 4.90 Å². The van der Waals surface area contributed by atoms with Crippen LogP contribution in [0.4, 0.5) is 5.69 Å². The average molecular weight is 335 g/mol. The van der Waals surface area contributed by atoms with Crippen LogP contribution in [0.1, 0.15) is 20.7 Å². The maximum atomic E-state index is 12.6. The van der Waals surface area contributed by atoms with E-state index in [0.29, 0.717) is 22.6 Å². The van der Waals surface area contributed by atoms with Crippen molar-refractivity contribution in [3.05, 3.63) is 71.1 Å². The van der Waals surface area contributed by atoms with Gasteiger partial charge in [-0.15, -0.1) is 11.3 Å². The van der Waals surface area contributed by atoms with Gasteiger partial charge in [0.1, 0.15) is 5.75 Å². The number of methoxy groups -OCH3 is 1. The highest BCUT2D eigenvalue weighted by atomic mass is 32.1. The predicted octanol–water partition coefficient (Wildman–Crippen LogP) is 4.22. The summed E-state index contributed by atoms with van der Waals surface area (Å²) in [6, 6.07) is 16.2. The molecule has 0 bridgehead atoms. The van der Waals surface area contributed by atoms with Crippen molar-refractivity contribution >= 4 is 28.8 Å². The number of rotatable bonds is 3. The summed E-state index contributed by atoms with van der Waals surface area (Å²) in [5, 5.41) is 1.99. The Morgan fingerprint density at radius 2 is 1.58 bits per heavy atom. The molecule has 24 heavy (non-hydrogen) atoms. The number of fused-ring (bicyclic) bond motifs is 1. The fourth-order valence-electron chi connectivity index (χ4n) is 2.88. The Morgan fingerprint density at radius 1 is 0.875 bits per heavy atom. The summed E-state index contributed by atoms with van der Waals surface area (Å²) < 4.78 is 5.47. The summed E-state index contributed by atoms with van der Waals surface area (Å²) in [4.78, 5) is 27.4. The molecule has 0 unspecified atom stereocenters. The number of carbonyl (C=O) groups excluding carboxylic acids is 2. The fraction of sp³-hybridized carbons (Fsp3) is 0.0526. The molecule has 4 nitrogen and oxygen atoms in total. The maximum Gasteiger partial charge on any atom is 0.266 e. The molecular formula is C19H13NO3S. The summed E-state index contributed by atoms with van der Waals surface area (Å²) in [5.41, 5.74) is 2.32. The molecule has 118 valence electrons. The van der Waals surface area contributed by atoms with E-state index >= 15 is 0 Å². The van der Waals surface area contributed by atoms with Gasteiger partial charge in [0.05, 0.1) is 23.9 Å². The van der Waals surface area contributed by atoms with Crippen molar-refractivity contribution in [3.63, 3.8) is 0 Å². The van der Waals surface area contributed by atoms with E-state index in [9.17, 15) is 9.59 Å². The van der Waals surface area contributed by atoms with E-state index in [2.05, 4.69) is 0 Å². The van der Waals surface area contributed by atoms with Crippen LogP contribution in [0.2, 0.25) is 0 Å². The highest BCUT2D eigenvalue weighted by Crippen LogP contribution is 2.37.